The zero-order valence-electron chi connectivity index (χ0n) is 19.4. The first-order chi connectivity index (χ1) is 17.0. The summed E-state index contributed by atoms with van der Waals surface area (Å²) >= 11 is 1.48. The van der Waals surface area contributed by atoms with Gasteiger partial charge in [0.05, 0.1) is 28.7 Å². The van der Waals surface area contributed by atoms with Crippen molar-refractivity contribution in [3.8, 4) is 17.1 Å². The van der Waals surface area contributed by atoms with Crippen molar-refractivity contribution >= 4 is 39.1 Å². The Kier molecular flexibility index (Phi) is 4.93. The summed E-state index contributed by atoms with van der Waals surface area (Å²) < 4.78 is 3.44. The molecular formula is C26H21N7OS. The summed E-state index contributed by atoms with van der Waals surface area (Å²) in [6.45, 7) is 6.00. The van der Waals surface area contributed by atoms with E-state index in [2.05, 4.69) is 57.5 Å². The second-order valence-corrected chi connectivity index (χ2v) is 9.28. The summed E-state index contributed by atoms with van der Waals surface area (Å²) in [4.78, 5) is 23.0. The third-order valence-electron chi connectivity index (χ3n) is 6.02. The number of pyridine rings is 1. The first-order valence-electron chi connectivity index (χ1n) is 11.1. The number of aromatic nitrogens is 6. The fourth-order valence-electron chi connectivity index (χ4n) is 4.23. The van der Waals surface area contributed by atoms with Crippen molar-refractivity contribution in [2.75, 3.05) is 5.32 Å². The van der Waals surface area contributed by atoms with Gasteiger partial charge < -0.3 is 0 Å². The fourth-order valence-corrected chi connectivity index (χ4v) is 5.05. The Morgan fingerprint density at radius 3 is 2.71 bits per heavy atom. The van der Waals surface area contributed by atoms with Crippen molar-refractivity contribution in [2.24, 2.45) is 0 Å². The number of fused-ring (bicyclic) bond motifs is 2. The van der Waals surface area contributed by atoms with Gasteiger partial charge in [-0.15, -0.1) is 16.4 Å². The Labute approximate surface area is 204 Å². The molecule has 9 heteroatoms. The Bertz CT molecular complexity index is 1740. The highest BCUT2D eigenvalue weighted by atomic mass is 32.1. The number of benzene rings is 2. The topological polar surface area (TPSA) is 90.0 Å². The van der Waals surface area contributed by atoms with Crippen LogP contribution in [0.15, 0.2) is 66.2 Å². The van der Waals surface area contributed by atoms with Crippen LogP contribution in [-0.2, 0) is 0 Å². The fraction of sp³-hybridized carbons (Fsp3) is 0.115. The molecule has 0 aliphatic rings. The summed E-state index contributed by atoms with van der Waals surface area (Å²) in [6, 6.07) is 18.1. The number of carbonyl (C=O) groups excluding carboxylic acids is 1. The number of rotatable bonds is 4. The molecule has 172 valence electrons. The van der Waals surface area contributed by atoms with E-state index in [-0.39, 0.29) is 11.9 Å². The molecule has 0 saturated heterocycles. The molecule has 8 nitrogen and oxygen atoms in total. The standard InChI is InChI=1S/C26H21N7OS/c1-15-8-10-19(16(2)12-15)22-14-35-26-30-25(31-33(22)26)29-24(34)20-13-27-32(17(20)3)23-11-9-18-6-4-5-7-21(18)28-23/h4-14H,1-3H3,(H,29,31,34). The van der Waals surface area contributed by atoms with Gasteiger partial charge in [-0.25, -0.2) is 14.2 Å². The molecule has 6 rings (SSSR count). The molecule has 4 heterocycles. The van der Waals surface area contributed by atoms with Crippen molar-refractivity contribution in [1.29, 1.82) is 0 Å². The number of amides is 1. The maximum absolute atomic E-state index is 13.1. The molecule has 0 atom stereocenters. The number of para-hydroxylation sites is 1. The molecule has 6 aromatic rings. The van der Waals surface area contributed by atoms with E-state index in [0.717, 1.165) is 27.7 Å². The van der Waals surface area contributed by atoms with E-state index in [1.807, 2.05) is 48.7 Å². The molecule has 1 N–H and O–H groups in total. The molecule has 1 amide bonds. The lowest BCUT2D eigenvalue weighted by Crippen LogP contribution is -2.14. The lowest BCUT2D eigenvalue weighted by molar-refractivity contribution is 0.102. The zero-order valence-corrected chi connectivity index (χ0v) is 20.2. The van der Waals surface area contributed by atoms with Crippen LogP contribution in [0, 0.1) is 20.8 Å². The molecule has 35 heavy (non-hydrogen) atoms. The van der Waals surface area contributed by atoms with Crippen LogP contribution in [0.1, 0.15) is 27.2 Å². The molecular weight excluding hydrogens is 458 g/mol. The Hall–Kier alpha value is -4.37. The van der Waals surface area contributed by atoms with Gasteiger partial charge in [-0.1, -0.05) is 42.0 Å². The highest BCUT2D eigenvalue weighted by Gasteiger charge is 2.19. The van der Waals surface area contributed by atoms with E-state index < -0.39 is 0 Å². The molecule has 0 spiro atoms. The Balaban J connectivity index is 1.28. The van der Waals surface area contributed by atoms with Crippen LogP contribution in [0.25, 0.3) is 32.9 Å². The molecule has 0 aliphatic carbocycles. The number of hydrogen-bond acceptors (Lipinski definition) is 6. The molecule has 0 saturated carbocycles. The third kappa shape index (κ3) is 3.66. The molecule has 2 aromatic carbocycles. The number of aryl methyl sites for hydroxylation is 2. The van der Waals surface area contributed by atoms with Crippen molar-refractivity contribution in [2.45, 2.75) is 20.8 Å². The average molecular weight is 480 g/mol. The largest absolute Gasteiger partial charge is 0.289 e. The number of carbonyl (C=O) groups is 1. The monoisotopic (exact) mass is 479 g/mol. The van der Waals surface area contributed by atoms with Crippen LogP contribution in [0.4, 0.5) is 5.95 Å². The number of hydrogen-bond donors (Lipinski definition) is 1. The minimum atomic E-state index is -0.319. The van der Waals surface area contributed by atoms with E-state index in [1.54, 1.807) is 15.4 Å². The second-order valence-electron chi connectivity index (χ2n) is 8.44. The average Bonchev–Trinajstić information content (AvgIpc) is 3.53. The van der Waals surface area contributed by atoms with Gasteiger partial charge in [0.1, 0.15) is 0 Å². The summed E-state index contributed by atoms with van der Waals surface area (Å²) in [5.41, 5.74) is 6.39. The van der Waals surface area contributed by atoms with E-state index in [9.17, 15) is 4.79 Å². The molecule has 0 aliphatic heterocycles. The summed E-state index contributed by atoms with van der Waals surface area (Å²) in [5.74, 6) is 0.587. The summed E-state index contributed by atoms with van der Waals surface area (Å²) in [7, 11) is 0. The van der Waals surface area contributed by atoms with Gasteiger partial charge in [0.25, 0.3) is 11.9 Å². The predicted octanol–water partition coefficient (Wildman–Crippen LogP) is 5.37. The van der Waals surface area contributed by atoms with E-state index in [4.69, 9.17) is 0 Å². The first kappa shape index (κ1) is 21.2. The van der Waals surface area contributed by atoms with E-state index in [0.29, 0.717) is 22.0 Å². The number of nitrogens with one attached hydrogen (secondary N) is 1. The predicted molar refractivity (Wildman–Crippen MR) is 137 cm³/mol. The number of anilines is 1. The molecule has 0 bridgehead atoms. The van der Waals surface area contributed by atoms with Gasteiger partial charge in [-0.2, -0.15) is 10.1 Å². The lowest BCUT2D eigenvalue weighted by atomic mass is 10.0. The van der Waals surface area contributed by atoms with Gasteiger partial charge in [0, 0.05) is 16.3 Å². The van der Waals surface area contributed by atoms with Crippen molar-refractivity contribution in [3.05, 3.63) is 88.6 Å². The molecule has 0 fully saturated rings. The smallest absolute Gasteiger partial charge is 0.261 e. The summed E-state index contributed by atoms with van der Waals surface area (Å²) in [6.07, 6.45) is 1.54. The van der Waals surface area contributed by atoms with Crippen molar-refractivity contribution in [1.82, 2.24) is 29.4 Å². The van der Waals surface area contributed by atoms with Crippen LogP contribution in [0.2, 0.25) is 0 Å². The highest BCUT2D eigenvalue weighted by Crippen LogP contribution is 2.29. The lowest BCUT2D eigenvalue weighted by Gasteiger charge is -2.06. The summed E-state index contributed by atoms with van der Waals surface area (Å²) in [5, 5.41) is 14.9. The third-order valence-corrected chi connectivity index (χ3v) is 6.84. The SMILES string of the molecule is Cc1ccc(-c2csc3nc(NC(=O)c4cnn(-c5ccc6ccccc6n5)c4C)nn23)c(C)c1. The molecule has 0 unspecified atom stereocenters. The molecule has 0 radical (unpaired) electrons. The minimum absolute atomic E-state index is 0.254. The quantitative estimate of drug-likeness (QED) is 0.367. The zero-order chi connectivity index (χ0) is 24.1. The highest BCUT2D eigenvalue weighted by molar-refractivity contribution is 7.15. The van der Waals surface area contributed by atoms with E-state index in [1.165, 1.54) is 16.9 Å². The van der Waals surface area contributed by atoms with Gasteiger partial charge in [0.15, 0.2) is 5.82 Å². The van der Waals surface area contributed by atoms with Crippen LogP contribution in [-0.4, -0.2) is 35.3 Å². The maximum atomic E-state index is 13.1. The van der Waals surface area contributed by atoms with E-state index >= 15 is 0 Å². The molecule has 4 aromatic heterocycles. The van der Waals surface area contributed by atoms with Crippen LogP contribution >= 0.6 is 11.3 Å². The number of nitrogens with zero attached hydrogens (tertiary/aromatic N) is 6. The number of thiazole rings is 1. The van der Waals surface area contributed by atoms with Crippen molar-refractivity contribution in [3.63, 3.8) is 0 Å². The van der Waals surface area contributed by atoms with Gasteiger partial charge in [0.2, 0.25) is 4.96 Å². The van der Waals surface area contributed by atoms with Gasteiger partial charge in [-0.05, 0) is 44.5 Å². The second kappa shape index (κ2) is 8.14. The first-order valence-corrected chi connectivity index (χ1v) is 12.0. The van der Waals surface area contributed by atoms with Crippen LogP contribution < -0.4 is 5.32 Å². The maximum Gasteiger partial charge on any atom is 0.261 e. The van der Waals surface area contributed by atoms with Gasteiger partial charge in [-0.3, -0.25) is 10.1 Å². The minimum Gasteiger partial charge on any atom is -0.289 e. The Morgan fingerprint density at radius 1 is 1.00 bits per heavy atom. The Morgan fingerprint density at radius 2 is 1.86 bits per heavy atom. The van der Waals surface area contributed by atoms with Crippen LogP contribution in [0.5, 0.6) is 0 Å². The normalized spacial score (nSPS) is 11.4. The van der Waals surface area contributed by atoms with Gasteiger partial charge >= 0.3 is 0 Å². The van der Waals surface area contributed by atoms with Crippen LogP contribution in [0.3, 0.4) is 0 Å². The van der Waals surface area contributed by atoms with Crippen molar-refractivity contribution < 1.29 is 4.79 Å².